The van der Waals surface area contributed by atoms with Gasteiger partial charge in [0.05, 0.1) is 0 Å². The van der Waals surface area contributed by atoms with Gasteiger partial charge in [-0.1, -0.05) is 5.16 Å². The van der Waals surface area contributed by atoms with Gasteiger partial charge in [-0.25, -0.2) is 4.79 Å². The maximum Gasteiger partial charge on any atom is 0.408 e. The molecule has 0 bridgehead atoms. The van der Waals surface area contributed by atoms with Crippen LogP contribution in [0.25, 0.3) is 0 Å². The lowest BCUT2D eigenvalue weighted by Crippen LogP contribution is -2.40. The lowest BCUT2D eigenvalue weighted by atomic mass is 10.1. The summed E-state index contributed by atoms with van der Waals surface area (Å²) in [6.45, 7) is 5.24. The number of rotatable bonds is 3. The van der Waals surface area contributed by atoms with Crippen molar-refractivity contribution in [2.24, 2.45) is 10.9 Å². The van der Waals surface area contributed by atoms with E-state index < -0.39 is 17.7 Å². The van der Waals surface area contributed by atoms with E-state index in [0.717, 1.165) is 0 Å². The zero-order chi connectivity index (χ0) is 14.5. The molecule has 0 radical (unpaired) electrons. The predicted molar refractivity (Wildman–Crippen MR) is 69.8 cm³/mol. The van der Waals surface area contributed by atoms with Gasteiger partial charge >= 0.3 is 6.09 Å². The molecule has 0 saturated carbocycles. The number of nitrogens with two attached hydrogens (primary N) is 1. The van der Waals surface area contributed by atoms with Crippen molar-refractivity contribution in [2.75, 3.05) is 0 Å². The first kappa shape index (κ1) is 14.7. The van der Waals surface area contributed by atoms with Crippen LogP contribution in [-0.4, -0.2) is 27.7 Å². The van der Waals surface area contributed by atoms with Gasteiger partial charge in [0.2, 0.25) is 0 Å². The minimum atomic E-state index is -0.775. The number of amides is 1. The summed E-state index contributed by atoms with van der Waals surface area (Å²) in [5.74, 6) is -0.142. The molecule has 0 aliphatic heterocycles. The van der Waals surface area contributed by atoms with Crippen molar-refractivity contribution in [3.05, 3.63) is 30.1 Å². The Bertz CT molecular complexity index is 454. The number of nitrogens with zero attached hydrogens (tertiary/aromatic N) is 2. The van der Waals surface area contributed by atoms with E-state index in [1.165, 1.54) is 0 Å². The fourth-order valence-electron chi connectivity index (χ4n) is 1.37. The number of carbonyl (C=O) groups is 1. The second kappa shape index (κ2) is 6.03. The highest BCUT2D eigenvalue weighted by atomic mass is 16.6. The van der Waals surface area contributed by atoms with Crippen LogP contribution in [0.4, 0.5) is 4.79 Å². The summed E-state index contributed by atoms with van der Waals surface area (Å²) >= 11 is 0. The Morgan fingerprint density at radius 2 is 2.05 bits per heavy atom. The van der Waals surface area contributed by atoms with Gasteiger partial charge in [-0.15, -0.1) is 0 Å². The fraction of sp³-hybridized carbons (Fsp3) is 0.417. The highest BCUT2D eigenvalue weighted by Gasteiger charge is 2.23. The molecule has 19 heavy (non-hydrogen) atoms. The standard InChI is InChI=1S/C12H18N4O3/c1-12(2,3)19-11(17)15-9(10(13)16-18)8-4-6-14-7-5-8/h4-7,9,18H,1-3H3,(H2,13,16)(H,15,17). The number of pyridine rings is 1. The normalized spacial score (nSPS) is 13.7. The Hall–Kier alpha value is -2.31. The van der Waals surface area contributed by atoms with Crippen LogP contribution in [0.2, 0.25) is 0 Å². The van der Waals surface area contributed by atoms with E-state index in [0.29, 0.717) is 5.56 Å². The minimum absolute atomic E-state index is 0.142. The molecule has 0 aliphatic rings. The van der Waals surface area contributed by atoms with Crippen LogP contribution in [0.1, 0.15) is 32.4 Å². The molecule has 1 rings (SSSR count). The van der Waals surface area contributed by atoms with E-state index in [-0.39, 0.29) is 5.84 Å². The molecule has 104 valence electrons. The molecule has 1 aromatic rings. The maximum atomic E-state index is 11.7. The van der Waals surface area contributed by atoms with Crippen LogP contribution in [0, 0.1) is 0 Å². The van der Waals surface area contributed by atoms with Gasteiger partial charge in [0.25, 0.3) is 0 Å². The highest BCUT2D eigenvalue weighted by Crippen LogP contribution is 2.14. The number of ether oxygens (including phenoxy) is 1. The average molecular weight is 266 g/mol. The summed E-state index contributed by atoms with van der Waals surface area (Å²) in [6.07, 6.45) is 2.44. The van der Waals surface area contributed by atoms with Crippen LogP contribution in [0.5, 0.6) is 0 Å². The SMILES string of the molecule is CC(C)(C)OC(=O)NC(/C(N)=N/O)c1ccncc1. The molecule has 1 aromatic heterocycles. The summed E-state index contributed by atoms with van der Waals surface area (Å²) in [5, 5.41) is 14.2. The van der Waals surface area contributed by atoms with Crippen molar-refractivity contribution in [3.8, 4) is 0 Å². The van der Waals surface area contributed by atoms with Crippen molar-refractivity contribution >= 4 is 11.9 Å². The molecule has 1 unspecified atom stereocenters. The Labute approximate surface area is 111 Å². The summed E-state index contributed by atoms with van der Waals surface area (Å²) in [4.78, 5) is 15.6. The van der Waals surface area contributed by atoms with E-state index in [2.05, 4.69) is 15.5 Å². The molecule has 1 atom stereocenters. The van der Waals surface area contributed by atoms with Crippen LogP contribution in [0.3, 0.4) is 0 Å². The fourth-order valence-corrected chi connectivity index (χ4v) is 1.37. The van der Waals surface area contributed by atoms with E-state index >= 15 is 0 Å². The van der Waals surface area contributed by atoms with Crippen molar-refractivity contribution in [3.63, 3.8) is 0 Å². The molecule has 7 heteroatoms. The van der Waals surface area contributed by atoms with E-state index in [1.807, 2.05) is 0 Å². The van der Waals surface area contributed by atoms with Crippen LogP contribution >= 0.6 is 0 Å². The molecular weight excluding hydrogens is 248 g/mol. The van der Waals surface area contributed by atoms with E-state index in [1.54, 1.807) is 45.3 Å². The third-order valence-corrected chi connectivity index (χ3v) is 2.11. The molecule has 0 spiro atoms. The first-order valence-corrected chi connectivity index (χ1v) is 5.70. The zero-order valence-corrected chi connectivity index (χ0v) is 11.1. The Morgan fingerprint density at radius 3 is 2.53 bits per heavy atom. The topological polar surface area (TPSA) is 110 Å². The Morgan fingerprint density at radius 1 is 1.47 bits per heavy atom. The van der Waals surface area contributed by atoms with Gasteiger partial charge in [0.1, 0.15) is 11.6 Å². The monoisotopic (exact) mass is 266 g/mol. The summed E-state index contributed by atoms with van der Waals surface area (Å²) in [6, 6.07) is 2.53. The maximum absolute atomic E-state index is 11.7. The van der Waals surface area contributed by atoms with Gasteiger partial charge in [-0.3, -0.25) is 4.98 Å². The number of aromatic nitrogens is 1. The zero-order valence-electron chi connectivity index (χ0n) is 11.1. The number of carbonyl (C=O) groups excluding carboxylic acids is 1. The van der Waals surface area contributed by atoms with Crippen molar-refractivity contribution < 1.29 is 14.7 Å². The molecule has 1 heterocycles. The van der Waals surface area contributed by atoms with Gasteiger partial charge < -0.3 is 21.0 Å². The summed E-state index contributed by atoms with van der Waals surface area (Å²) in [7, 11) is 0. The average Bonchev–Trinajstić information content (AvgIpc) is 2.34. The third kappa shape index (κ3) is 4.82. The molecule has 0 saturated heterocycles. The number of nitrogens with one attached hydrogen (secondary N) is 1. The molecule has 1 amide bonds. The predicted octanol–water partition coefficient (Wildman–Crippen LogP) is 1.39. The third-order valence-electron chi connectivity index (χ3n) is 2.11. The summed E-state index contributed by atoms with van der Waals surface area (Å²) in [5.41, 5.74) is 5.58. The van der Waals surface area contributed by atoms with Gasteiger partial charge in [-0.2, -0.15) is 0 Å². The lowest BCUT2D eigenvalue weighted by molar-refractivity contribution is 0.0516. The number of hydrogen-bond donors (Lipinski definition) is 3. The lowest BCUT2D eigenvalue weighted by Gasteiger charge is -2.23. The molecule has 0 aliphatic carbocycles. The van der Waals surface area contributed by atoms with Crippen LogP contribution in [-0.2, 0) is 4.74 Å². The quantitative estimate of drug-likeness (QED) is 0.331. The summed E-state index contributed by atoms with van der Waals surface area (Å²) < 4.78 is 5.13. The number of amidine groups is 1. The number of alkyl carbamates (subject to hydrolysis) is 1. The molecule has 0 fully saturated rings. The smallest absolute Gasteiger partial charge is 0.408 e. The van der Waals surface area contributed by atoms with Crippen LogP contribution in [0.15, 0.2) is 29.7 Å². The van der Waals surface area contributed by atoms with Crippen molar-refractivity contribution in [1.82, 2.24) is 10.3 Å². The Balaban J connectivity index is 2.86. The van der Waals surface area contributed by atoms with Gasteiger partial charge in [0, 0.05) is 12.4 Å². The van der Waals surface area contributed by atoms with Gasteiger partial charge in [-0.05, 0) is 38.5 Å². The Kier molecular flexibility index (Phi) is 4.68. The van der Waals surface area contributed by atoms with E-state index in [9.17, 15) is 4.79 Å². The highest BCUT2D eigenvalue weighted by molar-refractivity contribution is 5.89. The number of oxime groups is 1. The molecule has 4 N–H and O–H groups in total. The molecular formula is C12H18N4O3. The van der Waals surface area contributed by atoms with E-state index in [4.69, 9.17) is 15.7 Å². The number of hydrogen-bond acceptors (Lipinski definition) is 5. The van der Waals surface area contributed by atoms with Crippen molar-refractivity contribution in [1.29, 1.82) is 0 Å². The minimum Gasteiger partial charge on any atom is -0.444 e. The molecule has 7 nitrogen and oxygen atoms in total. The largest absolute Gasteiger partial charge is 0.444 e. The van der Waals surface area contributed by atoms with Crippen molar-refractivity contribution in [2.45, 2.75) is 32.4 Å². The molecule has 0 aromatic carbocycles. The van der Waals surface area contributed by atoms with Crippen LogP contribution < -0.4 is 11.1 Å². The first-order chi connectivity index (χ1) is 8.83. The van der Waals surface area contributed by atoms with Gasteiger partial charge in [0.15, 0.2) is 5.84 Å². The first-order valence-electron chi connectivity index (χ1n) is 5.70. The second-order valence-electron chi connectivity index (χ2n) is 4.88. The second-order valence-corrected chi connectivity index (χ2v) is 4.88.